The van der Waals surface area contributed by atoms with Crippen LogP contribution in [0.1, 0.15) is 22.0 Å². The van der Waals surface area contributed by atoms with Gasteiger partial charge in [0.1, 0.15) is 5.82 Å². The predicted molar refractivity (Wildman–Crippen MR) is 112 cm³/mol. The van der Waals surface area contributed by atoms with Crippen molar-refractivity contribution in [2.24, 2.45) is 11.8 Å². The van der Waals surface area contributed by atoms with Crippen LogP contribution in [0.2, 0.25) is 5.02 Å². The molecule has 0 bridgehead atoms. The summed E-state index contributed by atoms with van der Waals surface area (Å²) >= 11 is 6.00. The molecule has 29 heavy (non-hydrogen) atoms. The summed E-state index contributed by atoms with van der Waals surface area (Å²) in [5, 5.41) is 12.2. The Bertz CT molecular complexity index is 1020. The van der Waals surface area contributed by atoms with Crippen molar-refractivity contribution in [1.29, 1.82) is 0 Å². The fourth-order valence-electron chi connectivity index (χ4n) is 4.47. The first-order chi connectivity index (χ1) is 14.2. The highest BCUT2D eigenvalue weighted by atomic mass is 35.5. The molecule has 0 unspecified atom stereocenters. The normalized spacial score (nSPS) is 20.9. The molecule has 0 aliphatic carbocycles. The molecule has 0 spiro atoms. The molecule has 1 fully saturated rings. The van der Waals surface area contributed by atoms with Gasteiger partial charge in [0.2, 0.25) is 5.82 Å². The summed E-state index contributed by atoms with van der Waals surface area (Å²) in [6.45, 7) is 3.78. The second-order valence-electron chi connectivity index (χ2n) is 7.92. The van der Waals surface area contributed by atoms with E-state index in [0.29, 0.717) is 17.7 Å². The number of carbonyl (C=O) groups excluding carboxylic acids is 1. The second kappa shape index (κ2) is 7.61. The fourth-order valence-corrected chi connectivity index (χ4v) is 4.60. The van der Waals surface area contributed by atoms with E-state index in [0.717, 1.165) is 49.1 Å². The van der Waals surface area contributed by atoms with Crippen molar-refractivity contribution < 1.29 is 4.79 Å². The maximum atomic E-state index is 12.7. The van der Waals surface area contributed by atoms with E-state index in [4.69, 9.17) is 11.6 Å². The molecular formula is C22H22ClN5O. The highest BCUT2D eigenvalue weighted by Crippen LogP contribution is 2.33. The number of fused-ring (bicyclic) bond motifs is 2. The number of halogens is 1. The van der Waals surface area contributed by atoms with E-state index in [-0.39, 0.29) is 5.91 Å². The summed E-state index contributed by atoms with van der Waals surface area (Å²) < 4.78 is 2.01. The Balaban J connectivity index is 1.27. The van der Waals surface area contributed by atoms with E-state index in [2.05, 4.69) is 32.5 Å². The zero-order valence-corrected chi connectivity index (χ0v) is 16.7. The average Bonchev–Trinajstić information content (AvgIpc) is 3.31. The lowest BCUT2D eigenvalue weighted by Gasteiger charge is -2.25. The second-order valence-corrected chi connectivity index (χ2v) is 8.35. The van der Waals surface area contributed by atoms with Gasteiger partial charge in [-0.05, 0) is 41.7 Å². The van der Waals surface area contributed by atoms with Crippen LogP contribution >= 0.6 is 11.6 Å². The standard InChI is InChI=1S/C22H22ClN5O/c23-18-8-6-15(7-9-18)11-27-12-16-10-20-25-26-21(28(20)14-17(16)13-27)22(29)24-19-4-2-1-3-5-19/h1-9,16-17H,10-14H2,(H,24,29)/t16-,17+/m1/s1. The number of benzene rings is 2. The summed E-state index contributed by atoms with van der Waals surface area (Å²) in [6.07, 6.45) is 0.868. The molecule has 0 saturated carbocycles. The van der Waals surface area contributed by atoms with Gasteiger partial charge in [0.05, 0.1) is 0 Å². The average molecular weight is 408 g/mol. The zero-order valence-electron chi connectivity index (χ0n) is 16.0. The number of hydrogen-bond acceptors (Lipinski definition) is 4. The first kappa shape index (κ1) is 18.3. The van der Waals surface area contributed by atoms with Crippen molar-refractivity contribution in [1.82, 2.24) is 19.7 Å². The maximum absolute atomic E-state index is 12.7. The lowest BCUT2D eigenvalue weighted by atomic mass is 9.89. The highest BCUT2D eigenvalue weighted by molar-refractivity contribution is 6.30. The monoisotopic (exact) mass is 407 g/mol. The molecule has 2 aliphatic heterocycles. The van der Waals surface area contributed by atoms with Crippen LogP contribution in [-0.4, -0.2) is 38.7 Å². The van der Waals surface area contributed by atoms with Gasteiger partial charge in [0.15, 0.2) is 0 Å². The van der Waals surface area contributed by atoms with Crippen LogP contribution in [0.15, 0.2) is 54.6 Å². The van der Waals surface area contributed by atoms with Gasteiger partial charge in [-0.2, -0.15) is 0 Å². The van der Waals surface area contributed by atoms with Crippen LogP contribution in [0.5, 0.6) is 0 Å². The molecule has 1 N–H and O–H groups in total. The minimum absolute atomic E-state index is 0.204. The lowest BCUT2D eigenvalue weighted by molar-refractivity contribution is 0.100. The number of nitrogens with one attached hydrogen (secondary N) is 1. The SMILES string of the molecule is O=C(Nc1ccccc1)c1nnc2n1C[C@@H]1CN(Cc3ccc(Cl)cc3)C[C@H]1C2. The third kappa shape index (κ3) is 3.78. The number of likely N-dealkylation sites (tertiary alicyclic amines) is 1. The summed E-state index contributed by atoms with van der Waals surface area (Å²) in [7, 11) is 0. The van der Waals surface area contributed by atoms with Crippen molar-refractivity contribution in [2.75, 3.05) is 18.4 Å². The van der Waals surface area contributed by atoms with E-state index in [1.165, 1.54) is 5.56 Å². The molecule has 6 nitrogen and oxygen atoms in total. The molecule has 1 amide bonds. The van der Waals surface area contributed by atoms with Crippen molar-refractivity contribution in [3.63, 3.8) is 0 Å². The minimum atomic E-state index is -0.204. The molecule has 5 rings (SSSR count). The number of nitrogens with zero attached hydrogens (tertiary/aromatic N) is 4. The Morgan fingerprint density at radius 2 is 1.76 bits per heavy atom. The minimum Gasteiger partial charge on any atom is -0.319 e. The van der Waals surface area contributed by atoms with Gasteiger partial charge in [-0.1, -0.05) is 41.9 Å². The number of anilines is 1. The molecule has 1 saturated heterocycles. The van der Waals surface area contributed by atoms with Gasteiger partial charge < -0.3 is 9.88 Å². The van der Waals surface area contributed by atoms with Gasteiger partial charge in [0, 0.05) is 43.3 Å². The van der Waals surface area contributed by atoms with Gasteiger partial charge in [-0.25, -0.2) is 0 Å². The molecule has 0 radical (unpaired) electrons. The molecule has 148 valence electrons. The molecule has 3 aromatic rings. The quantitative estimate of drug-likeness (QED) is 0.719. The Morgan fingerprint density at radius 1 is 1.00 bits per heavy atom. The summed E-state index contributed by atoms with van der Waals surface area (Å²) in [5.41, 5.74) is 2.04. The largest absolute Gasteiger partial charge is 0.319 e. The number of aromatic nitrogens is 3. The Kier molecular flexibility index (Phi) is 4.81. The van der Waals surface area contributed by atoms with E-state index in [1.807, 2.05) is 47.0 Å². The summed E-state index contributed by atoms with van der Waals surface area (Å²) in [6, 6.07) is 17.5. The van der Waals surface area contributed by atoms with Gasteiger partial charge in [-0.15, -0.1) is 10.2 Å². The lowest BCUT2D eigenvalue weighted by Crippen LogP contribution is -2.31. The molecule has 1 aromatic heterocycles. The first-order valence-corrected chi connectivity index (χ1v) is 10.3. The topological polar surface area (TPSA) is 63.1 Å². The van der Waals surface area contributed by atoms with E-state index in [1.54, 1.807) is 0 Å². The highest BCUT2D eigenvalue weighted by Gasteiger charge is 2.39. The number of amides is 1. The number of hydrogen-bond donors (Lipinski definition) is 1. The summed E-state index contributed by atoms with van der Waals surface area (Å²) in [4.78, 5) is 15.2. The Labute approximate surface area is 174 Å². The Hall–Kier alpha value is -2.70. The maximum Gasteiger partial charge on any atom is 0.293 e. The summed E-state index contributed by atoms with van der Waals surface area (Å²) in [5.74, 6) is 2.18. The van der Waals surface area contributed by atoms with Gasteiger partial charge in [-0.3, -0.25) is 9.69 Å². The van der Waals surface area contributed by atoms with E-state index < -0.39 is 0 Å². The van der Waals surface area contributed by atoms with Crippen LogP contribution in [0.4, 0.5) is 5.69 Å². The van der Waals surface area contributed by atoms with Crippen LogP contribution in [-0.2, 0) is 19.5 Å². The smallest absolute Gasteiger partial charge is 0.293 e. The molecule has 7 heteroatoms. The molecule has 2 aromatic carbocycles. The van der Waals surface area contributed by atoms with Crippen LogP contribution in [0.25, 0.3) is 0 Å². The van der Waals surface area contributed by atoms with E-state index >= 15 is 0 Å². The van der Waals surface area contributed by atoms with Crippen LogP contribution in [0, 0.1) is 11.8 Å². The predicted octanol–water partition coefficient (Wildman–Crippen LogP) is 3.49. The number of carbonyl (C=O) groups is 1. The van der Waals surface area contributed by atoms with Gasteiger partial charge >= 0.3 is 0 Å². The zero-order chi connectivity index (χ0) is 19.8. The molecule has 2 atom stereocenters. The van der Waals surface area contributed by atoms with E-state index in [9.17, 15) is 4.79 Å². The van der Waals surface area contributed by atoms with Crippen molar-refractivity contribution in [2.45, 2.75) is 19.5 Å². The third-order valence-electron chi connectivity index (χ3n) is 5.90. The third-order valence-corrected chi connectivity index (χ3v) is 6.15. The first-order valence-electron chi connectivity index (χ1n) is 9.91. The molecule has 3 heterocycles. The number of para-hydroxylation sites is 1. The van der Waals surface area contributed by atoms with Crippen LogP contribution < -0.4 is 5.32 Å². The van der Waals surface area contributed by atoms with Crippen molar-refractivity contribution in [3.8, 4) is 0 Å². The van der Waals surface area contributed by atoms with Gasteiger partial charge in [0.25, 0.3) is 5.91 Å². The molecular weight excluding hydrogens is 386 g/mol. The van der Waals surface area contributed by atoms with Crippen LogP contribution in [0.3, 0.4) is 0 Å². The van der Waals surface area contributed by atoms with Crippen molar-refractivity contribution >= 4 is 23.2 Å². The Morgan fingerprint density at radius 3 is 2.55 bits per heavy atom. The fraction of sp³-hybridized carbons (Fsp3) is 0.318. The number of rotatable bonds is 4. The van der Waals surface area contributed by atoms with Crippen molar-refractivity contribution in [3.05, 3.63) is 76.8 Å². The molecule has 2 aliphatic rings.